The van der Waals surface area contributed by atoms with Crippen LogP contribution in [0.2, 0.25) is 5.02 Å². The third kappa shape index (κ3) is 11.3. The summed E-state index contributed by atoms with van der Waals surface area (Å²) in [5.41, 5.74) is 2.02. The van der Waals surface area contributed by atoms with Gasteiger partial charge in [0.15, 0.2) is 18.3 Å². The Bertz CT molecular complexity index is 1480. The van der Waals surface area contributed by atoms with Crippen molar-refractivity contribution < 1.29 is 56.0 Å². The first-order valence-electron chi connectivity index (χ1n) is 13.7. The number of halogens is 1. The second-order valence-corrected chi connectivity index (χ2v) is 11.9. The normalized spacial score (nSPS) is 21.3. The number of nitrogens with one attached hydrogen (secondary N) is 1. The van der Waals surface area contributed by atoms with E-state index in [4.69, 9.17) is 45.2 Å². The molecule has 2 aromatic rings. The maximum Gasteiger partial charge on any atom is 0.303 e. The summed E-state index contributed by atoms with van der Waals surface area (Å²) in [6.45, 7) is 4.40. The number of hydrogen-bond donors (Lipinski definition) is 2. The first-order valence-corrected chi connectivity index (χ1v) is 15.6. The fourth-order valence-corrected chi connectivity index (χ4v) is 5.23. The van der Waals surface area contributed by atoms with Crippen molar-refractivity contribution in [1.82, 2.24) is 4.72 Å². The Balaban J connectivity index is 1.91. The van der Waals surface area contributed by atoms with Gasteiger partial charge in [-0.3, -0.25) is 19.2 Å². The zero-order valence-electron chi connectivity index (χ0n) is 25.0. The Kier molecular flexibility index (Phi) is 12.7. The van der Waals surface area contributed by atoms with E-state index in [2.05, 4.69) is 4.72 Å². The van der Waals surface area contributed by atoms with Crippen LogP contribution in [0.5, 0.6) is 5.75 Å². The molecule has 5 atom stereocenters. The molecule has 0 aromatic heterocycles. The largest absolute Gasteiger partial charge is 0.492 e. The SMILES string of the molecule is CC(=O)OCC1OC(c2ccc(Cl)c(Cc3ccc(OCCNS(N)(=O)=O)cc3)c2)C(OC(C)=O)C(OC(C)=O)C1OC(C)=O. The van der Waals surface area contributed by atoms with Crippen molar-refractivity contribution in [2.45, 2.75) is 64.6 Å². The van der Waals surface area contributed by atoms with E-state index in [1.165, 1.54) is 13.8 Å². The van der Waals surface area contributed by atoms with Gasteiger partial charge in [0, 0.05) is 39.3 Å². The molecule has 1 aliphatic heterocycles. The second-order valence-electron chi connectivity index (χ2n) is 10.1. The van der Waals surface area contributed by atoms with Crippen LogP contribution < -0.4 is 14.6 Å². The summed E-state index contributed by atoms with van der Waals surface area (Å²) in [6, 6.07) is 12.1. The molecule has 0 radical (unpaired) electrons. The fourth-order valence-electron chi connectivity index (χ4n) is 4.68. The molecule has 0 saturated carbocycles. The average molecular weight is 671 g/mol. The molecule has 1 fully saturated rings. The van der Waals surface area contributed by atoms with Gasteiger partial charge < -0.3 is 28.4 Å². The average Bonchev–Trinajstić information content (AvgIpc) is 2.93. The molecule has 16 heteroatoms. The quantitative estimate of drug-likeness (QED) is 0.179. The van der Waals surface area contributed by atoms with Gasteiger partial charge in [-0.25, -0.2) is 5.14 Å². The van der Waals surface area contributed by atoms with Gasteiger partial charge in [-0.15, -0.1) is 0 Å². The summed E-state index contributed by atoms with van der Waals surface area (Å²) < 4.78 is 57.6. The van der Waals surface area contributed by atoms with Crippen molar-refractivity contribution in [3.05, 3.63) is 64.2 Å². The van der Waals surface area contributed by atoms with Crippen LogP contribution in [0.15, 0.2) is 42.5 Å². The molecule has 0 bridgehead atoms. The predicted octanol–water partition coefficient (Wildman–Crippen LogP) is 1.90. The van der Waals surface area contributed by atoms with Gasteiger partial charge in [-0.05, 0) is 41.3 Å². The molecule has 1 aliphatic rings. The highest BCUT2D eigenvalue weighted by Gasteiger charge is 2.52. The Morgan fingerprint density at radius 3 is 2.04 bits per heavy atom. The Morgan fingerprint density at radius 2 is 1.47 bits per heavy atom. The predicted molar refractivity (Wildman–Crippen MR) is 158 cm³/mol. The highest BCUT2D eigenvalue weighted by atomic mass is 35.5. The van der Waals surface area contributed by atoms with E-state index in [1.807, 2.05) is 0 Å². The smallest absolute Gasteiger partial charge is 0.303 e. The lowest BCUT2D eigenvalue weighted by molar-refractivity contribution is -0.254. The Hall–Kier alpha value is -3.76. The van der Waals surface area contributed by atoms with Crippen molar-refractivity contribution in [2.75, 3.05) is 19.8 Å². The molecule has 5 unspecified atom stereocenters. The van der Waals surface area contributed by atoms with Crippen LogP contribution in [0.25, 0.3) is 0 Å². The number of carbonyl (C=O) groups excluding carboxylic acids is 4. The summed E-state index contributed by atoms with van der Waals surface area (Å²) in [7, 11) is -3.81. The van der Waals surface area contributed by atoms with Gasteiger partial charge in [0.25, 0.3) is 10.2 Å². The van der Waals surface area contributed by atoms with Crippen LogP contribution in [0.3, 0.4) is 0 Å². The van der Waals surface area contributed by atoms with Crippen molar-refractivity contribution >= 4 is 45.7 Å². The number of rotatable bonds is 13. The van der Waals surface area contributed by atoms with E-state index in [1.54, 1.807) is 42.5 Å². The lowest BCUT2D eigenvalue weighted by atomic mass is 9.89. The minimum Gasteiger partial charge on any atom is -0.492 e. The van der Waals surface area contributed by atoms with Crippen molar-refractivity contribution in [2.24, 2.45) is 5.14 Å². The molecule has 1 heterocycles. The minimum absolute atomic E-state index is 0.00221. The lowest BCUT2D eigenvalue weighted by Gasteiger charge is -2.44. The summed E-state index contributed by atoms with van der Waals surface area (Å²) in [4.78, 5) is 48.0. The second kappa shape index (κ2) is 16.0. The highest BCUT2D eigenvalue weighted by molar-refractivity contribution is 7.87. The molecule has 45 heavy (non-hydrogen) atoms. The molecule has 1 saturated heterocycles. The molecule has 3 rings (SSSR count). The molecule has 246 valence electrons. The summed E-state index contributed by atoms with van der Waals surface area (Å²) in [6.07, 6.45) is -5.60. The molecule has 2 aromatic carbocycles. The first kappa shape index (κ1) is 35.7. The highest BCUT2D eigenvalue weighted by Crippen LogP contribution is 2.39. The molecular formula is C29H35ClN2O12S. The van der Waals surface area contributed by atoms with E-state index in [9.17, 15) is 27.6 Å². The van der Waals surface area contributed by atoms with Crippen LogP contribution >= 0.6 is 11.6 Å². The van der Waals surface area contributed by atoms with Gasteiger partial charge in [0.2, 0.25) is 0 Å². The van der Waals surface area contributed by atoms with Crippen LogP contribution in [-0.2, 0) is 59.5 Å². The molecule has 0 amide bonds. The Morgan fingerprint density at radius 1 is 0.867 bits per heavy atom. The lowest BCUT2D eigenvalue weighted by Crippen LogP contribution is -2.59. The maximum atomic E-state index is 12.2. The van der Waals surface area contributed by atoms with Gasteiger partial charge in [0.1, 0.15) is 31.2 Å². The van der Waals surface area contributed by atoms with Gasteiger partial charge in [-0.1, -0.05) is 35.9 Å². The van der Waals surface area contributed by atoms with Crippen LogP contribution in [0, 0.1) is 0 Å². The third-order valence-corrected chi connectivity index (χ3v) is 7.36. The van der Waals surface area contributed by atoms with E-state index in [0.29, 0.717) is 28.3 Å². The number of nitrogens with two attached hydrogens (primary N) is 1. The number of hydrogen-bond acceptors (Lipinski definition) is 12. The first-order chi connectivity index (χ1) is 21.1. The Labute approximate surface area is 265 Å². The van der Waals surface area contributed by atoms with Crippen molar-refractivity contribution in [3.63, 3.8) is 0 Å². The van der Waals surface area contributed by atoms with Gasteiger partial charge in [0.05, 0.1) is 0 Å². The number of benzene rings is 2. The van der Waals surface area contributed by atoms with E-state index >= 15 is 0 Å². The monoisotopic (exact) mass is 670 g/mol. The van der Waals surface area contributed by atoms with Crippen LogP contribution in [0.4, 0.5) is 0 Å². The zero-order chi connectivity index (χ0) is 33.3. The topological polar surface area (TPSA) is 196 Å². The molecular weight excluding hydrogens is 636 g/mol. The van der Waals surface area contributed by atoms with Crippen molar-refractivity contribution in [3.8, 4) is 5.75 Å². The molecule has 3 N–H and O–H groups in total. The van der Waals surface area contributed by atoms with E-state index < -0.39 is 64.6 Å². The zero-order valence-corrected chi connectivity index (χ0v) is 26.6. The minimum atomic E-state index is -3.81. The number of ether oxygens (including phenoxy) is 6. The van der Waals surface area contributed by atoms with Crippen LogP contribution in [-0.4, -0.2) is 76.5 Å². The molecule has 14 nitrogen and oxygen atoms in total. The number of carbonyl (C=O) groups is 4. The summed E-state index contributed by atoms with van der Waals surface area (Å²) >= 11 is 6.55. The number of esters is 4. The van der Waals surface area contributed by atoms with Crippen molar-refractivity contribution in [1.29, 1.82) is 0 Å². The standard InChI is InChI=1S/C29H35ClN2O12S/c1-16(33)40-15-25-27(41-17(2)34)29(43-19(4)36)28(42-18(3)35)26(44-25)21-7-10-24(30)22(14-21)13-20-5-8-23(9-6-20)39-12-11-32-45(31,37)38/h5-10,14,25-29,32H,11-13,15H2,1-4H3,(H2,31,37,38). The molecule has 0 aliphatic carbocycles. The summed E-state index contributed by atoms with van der Waals surface area (Å²) in [5, 5.41) is 5.33. The summed E-state index contributed by atoms with van der Waals surface area (Å²) in [5.74, 6) is -2.27. The molecule has 0 spiro atoms. The van der Waals surface area contributed by atoms with Gasteiger partial charge in [-0.2, -0.15) is 13.1 Å². The third-order valence-electron chi connectivity index (χ3n) is 6.38. The van der Waals surface area contributed by atoms with E-state index in [0.717, 1.165) is 19.4 Å². The van der Waals surface area contributed by atoms with Gasteiger partial charge >= 0.3 is 23.9 Å². The van der Waals surface area contributed by atoms with Crippen LogP contribution in [0.1, 0.15) is 50.5 Å². The maximum absolute atomic E-state index is 12.2. The fraction of sp³-hybridized carbons (Fsp3) is 0.448. The van der Waals surface area contributed by atoms with E-state index in [-0.39, 0.29) is 19.8 Å².